The zero-order chi connectivity index (χ0) is 16.4. The Labute approximate surface area is 137 Å². The first kappa shape index (κ1) is 15.3. The van der Waals surface area contributed by atoms with Crippen molar-refractivity contribution in [3.63, 3.8) is 0 Å². The molecule has 0 aliphatic rings. The van der Waals surface area contributed by atoms with Gasteiger partial charge in [0.15, 0.2) is 5.76 Å². The third-order valence-corrected chi connectivity index (χ3v) is 4.12. The van der Waals surface area contributed by atoms with Gasteiger partial charge in [0.2, 0.25) is 0 Å². The third kappa shape index (κ3) is 3.25. The first-order valence-electron chi connectivity index (χ1n) is 6.85. The fourth-order valence-corrected chi connectivity index (χ4v) is 3.11. The van der Waals surface area contributed by atoms with Gasteiger partial charge in [0.05, 0.1) is 17.5 Å². The Bertz CT molecular complexity index is 897. The van der Waals surface area contributed by atoms with E-state index in [1.54, 1.807) is 25.3 Å². The lowest BCUT2D eigenvalue weighted by atomic mass is 10.2. The molecule has 2 heterocycles. The van der Waals surface area contributed by atoms with E-state index in [1.165, 1.54) is 23.9 Å². The van der Waals surface area contributed by atoms with Crippen LogP contribution in [0.3, 0.4) is 0 Å². The highest BCUT2D eigenvalue weighted by Crippen LogP contribution is 2.33. The normalized spacial score (nSPS) is 10.5. The molecule has 0 saturated carbocycles. The van der Waals surface area contributed by atoms with Gasteiger partial charge in [-0.1, -0.05) is 0 Å². The second-order valence-electron chi connectivity index (χ2n) is 4.93. The third-order valence-electron chi connectivity index (χ3n) is 3.21. The van der Waals surface area contributed by atoms with Crippen molar-refractivity contribution >= 4 is 11.8 Å². The maximum absolute atomic E-state index is 13.0. The van der Waals surface area contributed by atoms with Gasteiger partial charge in [-0.05, 0) is 55.9 Å². The first-order chi connectivity index (χ1) is 11.1. The van der Waals surface area contributed by atoms with Crippen molar-refractivity contribution in [2.75, 3.05) is 0 Å². The van der Waals surface area contributed by atoms with Crippen molar-refractivity contribution in [1.82, 2.24) is 9.97 Å². The molecule has 0 bridgehead atoms. The van der Waals surface area contributed by atoms with Crippen LogP contribution in [-0.4, -0.2) is 9.97 Å². The van der Waals surface area contributed by atoms with E-state index in [0.717, 1.165) is 16.2 Å². The van der Waals surface area contributed by atoms with Crippen LogP contribution in [0, 0.1) is 31.0 Å². The predicted molar refractivity (Wildman–Crippen MR) is 84.4 cm³/mol. The largest absolute Gasteiger partial charge is 0.431 e. The summed E-state index contributed by atoms with van der Waals surface area (Å²) in [6, 6.07) is 9.99. The van der Waals surface area contributed by atoms with Crippen LogP contribution in [0.15, 0.2) is 51.1 Å². The van der Waals surface area contributed by atoms with Crippen molar-refractivity contribution < 1.29 is 8.81 Å². The number of hydrogen-bond donors (Lipinski definition) is 0. The van der Waals surface area contributed by atoms with E-state index in [-0.39, 0.29) is 5.82 Å². The van der Waals surface area contributed by atoms with Gasteiger partial charge in [-0.3, -0.25) is 4.98 Å². The number of oxazole rings is 1. The number of aromatic nitrogens is 2. The van der Waals surface area contributed by atoms with Gasteiger partial charge in [0.25, 0.3) is 5.22 Å². The molecule has 0 aliphatic heterocycles. The molecular formula is C17H12FN3OS. The van der Waals surface area contributed by atoms with Crippen molar-refractivity contribution in [3.8, 4) is 17.4 Å². The smallest absolute Gasteiger partial charge is 0.261 e. The summed E-state index contributed by atoms with van der Waals surface area (Å²) in [4.78, 5) is 9.26. The molecule has 2 aromatic heterocycles. The van der Waals surface area contributed by atoms with Crippen LogP contribution in [-0.2, 0) is 0 Å². The number of hydrogen-bond acceptors (Lipinski definition) is 5. The van der Waals surface area contributed by atoms with E-state index in [1.807, 2.05) is 13.0 Å². The van der Waals surface area contributed by atoms with Crippen molar-refractivity contribution in [1.29, 1.82) is 5.26 Å². The molecule has 23 heavy (non-hydrogen) atoms. The maximum Gasteiger partial charge on any atom is 0.261 e. The molecule has 1 aromatic carbocycles. The predicted octanol–water partition coefficient (Wildman–Crippen LogP) is 4.52. The monoisotopic (exact) mass is 325 g/mol. The molecule has 0 spiro atoms. The number of halogens is 1. The Kier molecular flexibility index (Phi) is 4.13. The van der Waals surface area contributed by atoms with Crippen molar-refractivity contribution in [3.05, 3.63) is 59.3 Å². The summed E-state index contributed by atoms with van der Waals surface area (Å²) in [7, 11) is 0. The molecule has 0 N–H and O–H groups in total. The SMILES string of the molecule is Cc1cc(Sc2ncc(-c3ccc(F)cc3)o2)c(C#N)c(C)n1. The van der Waals surface area contributed by atoms with Gasteiger partial charge in [0, 0.05) is 16.2 Å². The van der Waals surface area contributed by atoms with E-state index < -0.39 is 0 Å². The molecule has 4 nitrogen and oxygen atoms in total. The van der Waals surface area contributed by atoms with E-state index in [0.29, 0.717) is 22.2 Å². The molecule has 0 aliphatic carbocycles. The van der Waals surface area contributed by atoms with Gasteiger partial charge in [-0.25, -0.2) is 9.37 Å². The van der Waals surface area contributed by atoms with Crippen molar-refractivity contribution in [2.45, 2.75) is 24.0 Å². The van der Waals surface area contributed by atoms with Crippen LogP contribution >= 0.6 is 11.8 Å². The number of rotatable bonds is 3. The molecule has 0 radical (unpaired) electrons. The minimum absolute atomic E-state index is 0.302. The second-order valence-corrected chi connectivity index (χ2v) is 5.93. The summed E-state index contributed by atoms with van der Waals surface area (Å²) in [6.07, 6.45) is 1.59. The fourth-order valence-electron chi connectivity index (χ4n) is 2.16. The second kappa shape index (κ2) is 6.23. The van der Waals surface area contributed by atoms with E-state index in [4.69, 9.17) is 4.42 Å². The Balaban J connectivity index is 1.91. The zero-order valence-electron chi connectivity index (χ0n) is 12.5. The number of nitriles is 1. The summed E-state index contributed by atoms with van der Waals surface area (Å²) in [5.41, 5.74) is 2.77. The van der Waals surface area contributed by atoms with Crippen LogP contribution in [0.25, 0.3) is 11.3 Å². The maximum atomic E-state index is 13.0. The molecule has 3 rings (SSSR count). The van der Waals surface area contributed by atoms with E-state index >= 15 is 0 Å². The average molecular weight is 325 g/mol. The van der Waals surface area contributed by atoms with Gasteiger partial charge < -0.3 is 4.42 Å². The van der Waals surface area contributed by atoms with E-state index in [2.05, 4.69) is 16.0 Å². The highest BCUT2D eigenvalue weighted by atomic mass is 32.2. The van der Waals surface area contributed by atoms with Crippen molar-refractivity contribution in [2.24, 2.45) is 0 Å². The highest BCUT2D eigenvalue weighted by Gasteiger charge is 2.13. The molecule has 6 heteroatoms. The Morgan fingerprint density at radius 2 is 1.96 bits per heavy atom. The summed E-state index contributed by atoms with van der Waals surface area (Å²) >= 11 is 1.27. The van der Waals surface area contributed by atoms with Crippen LogP contribution in [0.1, 0.15) is 17.0 Å². The lowest BCUT2D eigenvalue weighted by molar-refractivity contribution is 0.466. The van der Waals surface area contributed by atoms with Gasteiger partial charge in [-0.15, -0.1) is 0 Å². The summed E-state index contributed by atoms with van der Waals surface area (Å²) in [6.45, 7) is 3.67. The summed E-state index contributed by atoms with van der Waals surface area (Å²) < 4.78 is 18.7. The Morgan fingerprint density at radius 1 is 1.22 bits per heavy atom. The Morgan fingerprint density at radius 3 is 2.65 bits per heavy atom. The van der Waals surface area contributed by atoms with Crippen LogP contribution in [0.4, 0.5) is 4.39 Å². The minimum Gasteiger partial charge on any atom is -0.431 e. The number of aryl methyl sites for hydroxylation is 2. The molecule has 0 amide bonds. The number of benzene rings is 1. The zero-order valence-corrected chi connectivity index (χ0v) is 13.3. The molecule has 0 atom stereocenters. The quantitative estimate of drug-likeness (QED) is 0.708. The molecule has 0 unspecified atom stereocenters. The van der Waals surface area contributed by atoms with Crippen LogP contribution in [0.5, 0.6) is 0 Å². The minimum atomic E-state index is -0.302. The standard InChI is InChI=1S/C17H12FN3OS/c1-10-7-16(14(8-19)11(2)21-10)23-17-20-9-15(22-17)12-3-5-13(18)6-4-12/h3-7,9H,1-2H3. The number of pyridine rings is 1. The number of nitrogens with zero attached hydrogens (tertiary/aromatic N) is 3. The summed E-state index contributed by atoms with van der Waals surface area (Å²) in [5, 5.41) is 9.71. The molecular weight excluding hydrogens is 313 g/mol. The topological polar surface area (TPSA) is 62.7 Å². The Hall–Kier alpha value is -2.65. The summed E-state index contributed by atoms with van der Waals surface area (Å²) in [5.74, 6) is 0.248. The molecule has 114 valence electrons. The van der Waals surface area contributed by atoms with E-state index in [9.17, 15) is 9.65 Å². The highest BCUT2D eigenvalue weighted by molar-refractivity contribution is 7.99. The van der Waals surface area contributed by atoms with Crippen LogP contribution < -0.4 is 0 Å². The first-order valence-corrected chi connectivity index (χ1v) is 7.66. The van der Waals surface area contributed by atoms with Gasteiger partial charge in [0.1, 0.15) is 11.9 Å². The van der Waals surface area contributed by atoms with Crippen LogP contribution in [0.2, 0.25) is 0 Å². The van der Waals surface area contributed by atoms with Gasteiger partial charge >= 0.3 is 0 Å². The lowest BCUT2D eigenvalue weighted by Gasteiger charge is -2.05. The fraction of sp³-hybridized carbons (Fsp3) is 0.118. The molecule has 3 aromatic rings. The molecule has 0 saturated heterocycles. The van der Waals surface area contributed by atoms with Gasteiger partial charge in [-0.2, -0.15) is 5.26 Å². The average Bonchev–Trinajstić information content (AvgIpc) is 2.96. The molecule has 0 fully saturated rings. The lowest BCUT2D eigenvalue weighted by Crippen LogP contribution is -1.93.